The van der Waals surface area contributed by atoms with Crippen LogP contribution in [-0.4, -0.2) is 9.78 Å². The van der Waals surface area contributed by atoms with E-state index in [9.17, 15) is 4.79 Å². The molecule has 0 fully saturated rings. The number of aryl methyl sites for hydroxylation is 1. The minimum atomic E-state index is -0.311. The van der Waals surface area contributed by atoms with E-state index < -0.39 is 0 Å². The first-order valence-corrected chi connectivity index (χ1v) is 3.45. The molecule has 1 rings (SSSR count). The number of nitrogens with two attached hydrogens (primary N) is 1. The van der Waals surface area contributed by atoms with Gasteiger partial charge in [0.05, 0.1) is 6.20 Å². The van der Waals surface area contributed by atoms with Gasteiger partial charge in [0.2, 0.25) is 0 Å². The molecule has 60 valence electrons. The van der Waals surface area contributed by atoms with Crippen LogP contribution < -0.4 is 11.3 Å². The lowest BCUT2D eigenvalue weighted by Crippen LogP contribution is -2.21. The summed E-state index contributed by atoms with van der Waals surface area (Å²) in [5, 5.41) is 3.91. The Kier molecular flexibility index (Phi) is 2.26. The van der Waals surface area contributed by atoms with E-state index in [0.29, 0.717) is 5.56 Å². The van der Waals surface area contributed by atoms with E-state index in [1.807, 2.05) is 0 Å². The first-order chi connectivity index (χ1) is 5.16. The second-order valence-electron chi connectivity index (χ2n) is 2.12. The molecule has 2 N–H and O–H groups in total. The van der Waals surface area contributed by atoms with Gasteiger partial charge in [-0.1, -0.05) is 11.6 Å². The van der Waals surface area contributed by atoms with Crippen molar-refractivity contribution in [3.05, 3.63) is 27.1 Å². The molecule has 0 saturated heterocycles. The van der Waals surface area contributed by atoms with Crippen LogP contribution in [0.3, 0.4) is 0 Å². The summed E-state index contributed by atoms with van der Waals surface area (Å²) in [6, 6.07) is 0. The number of hydrogen-bond acceptors (Lipinski definition) is 3. The number of halogens is 1. The second kappa shape index (κ2) is 3.02. The quantitative estimate of drug-likeness (QED) is 0.645. The van der Waals surface area contributed by atoms with E-state index in [4.69, 9.17) is 17.3 Å². The van der Waals surface area contributed by atoms with Gasteiger partial charge in [0.15, 0.2) is 0 Å². The Hall–Kier alpha value is -0.870. The lowest BCUT2D eigenvalue weighted by Gasteiger charge is -2.00. The predicted octanol–water partition coefficient (Wildman–Crippen LogP) is -0.108. The fourth-order valence-electron chi connectivity index (χ4n) is 0.687. The van der Waals surface area contributed by atoms with Gasteiger partial charge in [-0.3, -0.25) is 4.79 Å². The maximum Gasteiger partial charge on any atom is 0.285 e. The van der Waals surface area contributed by atoms with Crippen molar-refractivity contribution >= 4 is 11.6 Å². The van der Waals surface area contributed by atoms with Crippen LogP contribution in [0.1, 0.15) is 5.56 Å². The third-order valence-corrected chi connectivity index (χ3v) is 1.77. The number of aromatic nitrogens is 2. The highest BCUT2D eigenvalue weighted by Gasteiger charge is 2.03. The number of rotatable bonds is 1. The molecular formula is C6H8ClN3O. The summed E-state index contributed by atoms with van der Waals surface area (Å²) in [7, 11) is 1.54. The first kappa shape index (κ1) is 8.23. The van der Waals surface area contributed by atoms with Crippen LogP contribution in [-0.2, 0) is 13.6 Å². The van der Waals surface area contributed by atoms with Crippen LogP contribution in [0.15, 0.2) is 11.0 Å². The normalized spacial score (nSPS) is 10.1. The zero-order chi connectivity index (χ0) is 8.43. The molecule has 4 nitrogen and oxygen atoms in total. The Morgan fingerprint density at radius 2 is 2.45 bits per heavy atom. The highest BCUT2D eigenvalue weighted by atomic mass is 35.5. The molecule has 0 radical (unpaired) electrons. The highest BCUT2D eigenvalue weighted by Crippen LogP contribution is 2.06. The van der Waals surface area contributed by atoms with Crippen molar-refractivity contribution in [2.24, 2.45) is 12.8 Å². The van der Waals surface area contributed by atoms with Crippen molar-refractivity contribution in [1.82, 2.24) is 9.78 Å². The molecule has 0 unspecified atom stereocenters. The first-order valence-electron chi connectivity index (χ1n) is 3.07. The molecule has 0 saturated carbocycles. The van der Waals surface area contributed by atoms with Gasteiger partial charge in [-0.05, 0) is 0 Å². The molecule has 0 aliphatic carbocycles. The fourth-order valence-corrected chi connectivity index (χ4v) is 0.935. The van der Waals surface area contributed by atoms with Crippen molar-refractivity contribution < 1.29 is 0 Å². The molecule has 0 bridgehead atoms. The lowest BCUT2D eigenvalue weighted by atomic mass is 10.3. The zero-order valence-corrected chi connectivity index (χ0v) is 6.80. The molecule has 1 heterocycles. The summed E-state index contributed by atoms with van der Waals surface area (Å²) >= 11 is 5.65. The Labute approximate surface area is 68.6 Å². The number of nitrogens with zero attached hydrogens (tertiary/aromatic N) is 2. The molecule has 11 heavy (non-hydrogen) atoms. The van der Waals surface area contributed by atoms with E-state index in [1.165, 1.54) is 17.9 Å². The van der Waals surface area contributed by atoms with E-state index in [0.717, 1.165) is 0 Å². The summed E-state index contributed by atoms with van der Waals surface area (Å²) in [5.74, 6) is 0. The predicted molar refractivity (Wildman–Crippen MR) is 42.4 cm³/mol. The topological polar surface area (TPSA) is 60.9 Å². The molecule has 0 spiro atoms. The van der Waals surface area contributed by atoms with Gasteiger partial charge in [0, 0.05) is 19.2 Å². The zero-order valence-electron chi connectivity index (χ0n) is 6.04. The average Bonchev–Trinajstić information content (AvgIpc) is 2.01. The molecule has 0 aromatic carbocycles. The molecule has 0 aliphatic heterocycles. The SMILES string of the molecule is Cn1ncc(CN)c(Cl)c1=O. The third kappa shape index (κ3) is 1.41. The van der Waals surface area contributed by atoms with Gasteiger partial charge in [0.25, 0.3) is 5.56 Å². The Balaban J connectivity index is 3.37. The largest absolute Gasteiger partial charge is 0.326 e. The van der Waals surface area contributed by atoms with Crippen molar-refractivity contribution in [2.75, 3.05) is 0 Å². The van der Waals surface area contributed by atoms with Crippen molar-refractivity contribution in [2.45, 2.75) is 6.54 Å². The highest BCUT2D eigenvalue weighted by molar-refractivity contribution is 6.31. The van der Waals surface area contributed by atoms with Crippen LogP contribution >= 0.6 is 11.6 Å². The number of hydrogen-bond donors (Lipinski definition) is 1. The molecule has 1 aromatic rings. The Bertz CT molecular complexity index is 320. The van der Waals surface area contributed by atoms with Crippen LogP contribution in [0.5, 0.6) is 0 Å². The second-order valence-corrected chi connectivity index (χ2v) is 2.49. The molecule has 0 amide bonds. The van der Waals surface area contributed by atoms with Crippen LogP contribution in [0.25, 0.3) is 0 Å². The molecule has 1 aromatic heterocycles. The minimum Gasteiger partial charge on any atom is -0.326 e. The monoisotopic (exact) mass is 173 g/mol. The maximum atomic E-state index is 11.1. The lowest BCUT2D eigenvalue weighted by molar-refractivity contribution is 0.699. The fraction of sp³-hybridized carbons (Fsp3) is 0.333. The van der Waals surface area contributed by atoms with Crippen molar-refractivity contribution in [3.63, 3.8) is 0 Å². The summed E-state index contributed by atoms with van der Waals surface area (Å²) in [4.78, 5) is 11.1. The summed E-state index contributed by atoms with van der Waals surface area (Å²) in [5.41, 5.74) is 5.56. The Morgan fingerprint density at radius 1 is 1.82 bits per heavy atom. The van der Waals surface area contributed by atoms with Crippen LogP contribution in [0.4, 0.5) is 0 Å². The van der Waals surface area contributed by atoms with E-state index in [2.05, 4.69) is 5.10 Å². The van der Waals surface area contributed by atoms with Gasteiger partial charge < -0.3 is 5.73 Å². The molecule has 5 heteroatoms. The third-order valence-electron chi connectivity index (χ3n) is 1.37. The van der Waals surface area contributed by atoms with Gasteiger partial charge in [-0.25, -0.2) is 4.68 Å². The van der Waals surface area contributed by atoms with Crippen molar-refractivity contribution in [3.8, 4) is 0 Å². The molecule has 0 aliphatic rings. The Morgan fingerprint density at radius 3 is 3.00 bits per heavy atom. The van der Waals surface area contributed by atoms with E-state index >= 15 is 0 Å². The smallest absolute Gasteiger partial charge is 0.285 e. The maximum absolute atomic E-state index is 11.1. The van der Waals surface area contributed by atoms with Gasteiger partial charge >= 0.3 is 0 Å². The van der Waals surface area contributed by atoms with E-state index in [-0.39, 0.29) is 17.1 Å². The summed E-state index contributed by atoms with van der Waals surface area (Å²) in [6.45, 7) is 0.238. The van der Waals surface area contributed by atoms with E-state index in [1.54, 1.807) is 0 Å². The van der Waals surface area contributed by atoms with Crippen LogP contribution in [0, 0.1) is 0 Å². The summed E-state index contributed by atoms with van der Waals surface area (Å²) < 4.78 is 1.17. The summed E-state index contributed by atoms with van der Waals surface area (Å²) in [6.07, 6.45) is 1.49. The average molecular weight is 174 g/mol. The minimum absolute atomic E-state index is 0.157. The van der Waals surface area contributed by atoms with Crippen LogP contribution in [0.2, 0.25) is 5.02 Å². The van der Waals surface area contributed by atoms with Gasteiger partial charge in [-0.15, -0.1) is 0 Å². The van der Waals surface area contributed by atoms with Gasteiger partial charge in [0.1, 0.15) is 5.02 Å². The van der Waals surface area contributed by atoms with Crippen molar-refractivity contribution in [1.29, 1.82) is 0 Å². The van der Waals surface area contributed by atoms with Gasteiger partial charge in [-0.2, -0.15) is 5.10 Å². The standard InChI is InChI=1S/C6H8ClN3O/c1-10-6(11)5(7)4(2-8)3-9-10/h3H,2,8H2,1H3. The molecule has 0 atom stereocenters. The molecular weight excluding hydrogens is 166 g/mol.